The number of hydrogen-bond acceptors (Lipinski definition) is 3. The predicted octanol–water partition coefficient (Wildman–Crippen LogP) is 0.550. The number of likely N-dealkylation sites (tertiary alicyclic amines) is 1. The van der Waals surface area contributed by atoms with Crippen molar-refractivity contribution in [3.8, 4) is 0 Å². The fourth-order valence-corrected chi connectivity index (χ4v) is 2.67. The molecule has 1 aliphatic carbocycles. The molecule has 3 nitrogen and oxygen atoms in total. The van der Waals surface area contributed by atoms with Gasteiger partial charge >= 0.3 is 0 Å². The van der Waals surface area contributed by atoms with Crippen molar-refractivity contribution < 1.29 is 0 Å². The van der Waals surface area contributed by atoms with Gasteiger partial charge in [0.15, 0.2) is 0 Å². The zero-order chi connectivity index (χ0) is 9.97. The van der Waals surface area contributed by atoms with E-state index in [4.69, 9.17) is 5.73 Å². The average molecular weight is 197 g/mol. The molecule has 1 heterocycles. The van der Waals surface area contributed by atoms with Crippen LogP contribution in [-0.4, -0.2) is 43.2 Å². The first-order valence-electron chi connectivity index (χ1n) is 5.96. The Balaban J connectivity index is 1.74. The molecular formula is C11H23N3. The second-order valence-corrected chi connectivity index (χ2v) is 4.95. The van der Waals surface area contributed by atoms with Gasteiger partial charge < -0.3 is 16.0 Å². The van der Waals surface area contributed by atoms with E-state index in [1.165, 1.54) is 45.2 Å². The van der Waals surface area contributed by atoms with Crippen molar-refractivity contribution >= 4 is 0 Å². The third kappa shape index (κ3) is 2.47. The fraction of sp³-hybridized carbons (Fsp3) is 1.00. The average Bonchev–Trinajstić information content (AvgIpc) is 2.56. The molecule has 0 radical (unpaired) electrons. The largest absolute Gasteiger partial charge is 0.326 e. The van der Waals surface area contributed by atoms with Gasteiger partial charge in [0, 0.05) is 18.1 Å². The van der Waals surface area contributed by atoms with E-state index in [9.17, 15) is 0 Å². The van der Waals surface area contributed by atoms with Crippen molar-refractivity contribution in [3.63, 3.8) is 0 Å². The van der Waals surface area contributed by atoms with Crippen LogP contribution in [0.5, 0.6) is 0 Å². The fourth-order valence-electron chi connectivity index (χ4n) is 2.67. The van der Waals surface area contributed by atoms with Crippen LogP contribution in [0.25, 0.3) is 0 Å². The summed E-state index contributed by atoms with van der Waals surface area (Å²) in [5.74, 6) is 0. The van der Waals surface area contributed by atoms with Crippen molar-refractivity contribution in [2.75, 3.05) is 20.1 Å². The first-order chi connectivity index (χ1) is 6.75. The lowest BCUT2D eigenvalue weighted by atomic mass is 10.0. The molecule has 82 valence electrons. The molecule has 1 saturated heterocycles. The summed E-state index contributed by atoms with van der Waals surface area (Å²) < 4.78 is 0. The van der Waals surface area contributed by atoms with Gasteiger partial charge in [-0.1, -0.05) is 6.42 Å². The lowest BCUT2D eigenvalue weighted by molar-refractivity contribution is 0.221. The van der Waals surface area contributed by atoms with E-state index >= 15 is 0 Å². The Morgan fingerprint density at radius 3 is 2.43 bits per heavy atom. The highest BCUT2D eigenvalue weighted by Crippen LogP contribution is 2.19. The van der Waals surface area contributed by atoms with E-state index in [0.29, 0.717) is 12.1 Å². The number of nitrogens with zero attached hydrogens (tertiary/aromatic N) is 1. The number of piperidine rings is 1. The minimum Gasteiger partial charge on any atom is -0.326 e. The van der Waals surface area contributed by atoms with Crippen LogP contribution >= 0.6 is 0 Å². The molecule has 2 rings (SSSR count). The van der Waals surface area contributed by atoms with Crippen LogP contribution < -0.4 is 11.1 Å². The highest BCUT2D eigenvalue weighted by molar-refractivity contribution is 4.89. The van der Waals surface area contributed by atoms with E-state index in [1.807, 2.05) is 0 Å². The molecule has 14 heavy (non-hydrogen) atoms. The van der Waals surface area contributed by atoms with Crippen LogP contribution in [0, 0.1) is 0 Å². The van der Waals surface area contributed by atoms with Crippen molar-refractivity contribution in [2.45, 2.75) is 50.2 Å². The van der Waals surface area contributed by atoms with Crippen LogP contribution in [0.3, 0.4) is 0 Å². The SMILES string of the molecule is CN1CCC(N[C@@H]2CCC[C@H]2N)CC1. The molecule has 0 amide bonds. The molecule has 0 aromatic carbocycles. The molecule has 0 aromatic rings. The first kappa shape index (κ1) is 10.4. The maximum atomic E-state index is 6.05. The third-order valence-corrected chi connectivity index (χ3v) is 3.74. The number of nitrogens with two attached hydrogens (primary N) is 1. The summed E-state index contributed by atoms with van der Waals surface area (Å²) in [5, 5.41) is 3.74. The topological polar surface area (TPSA) is 41.3 Å². The number of hydrogen-bond donors (Lipinski definition) is 2. The summed E-state index contributed by atoms with van der Waals surface area (Å²) in [6.07, 6.45) is 6.39. The highest BCUT2D eigenvalue weighted by Gasteiger charge is 2.27. The third-order valence-electron chi connectivity index (χ3n) is 3.74. The molecule has 0 spiro atoms. The summed E-state index contributed by atoms with van der Waals surface area (Å²) >= 11 is 0. The molecule has 0 unspecified atom stereocenters. The second-order valence-electron chi connectivity index (χ2n) is 4.95. The smallest absolute Gasteiger partial charge is 0.0221 e. The Kier molecular flexibility index (Phi) is 3.42. The number of nitrogens with one attached hydrogen (secondary N) is 1. The van der Waals surface area contributed by atoms with Gasteiger partial charge in [-0.15, -0.1) is 0 Å². The van der Waals surface area contributed by atoms with Gasteiger partial charge in [0.25, 0.3) is 0 Å². The summed E-state index contributed by atoms with van der Waals surface area (Å²) in [7, 11) is 2.21. The molecule has 3 heteroatoms. The highest BCUT2D eigenvalue weighted by atomic mass is 15.1. The van der Waals surface area contributed by atoms with Crippen molar-refractivity contribution in [1.29, 1.82) is 0 Å². The summed E-state index contributed by atoms with van der Waals surface area (Å²) in [6, 6.07) is 1.73. The monoisotopic (exact) mass is 197 g/mol. The molecule has 0 aromatic heterocycles. The Morgan fingerprint density at radius 2 is 1.86 bits per heavy atom. The van der Waals surface area contributed by atoms with Gasteiger partial charge in [0.05, 0.1) is 0 Å². The predicted molar refractivity (Wildman–Crippen MR) is 59.3 cm³/mol. The van der Waals surface area contributed by atoms with Gasteiger partial charge in [-0.25, -0.2) is 0 Å². The van der Waals surface area contributed by atoms with Crippen LogP contribution in [0.4, 0.5) is 0 Å². The van der Waals surface area contributed by atoms with Gasteiger partial charge in [-0.3, -0.25) is 0 Å². The quantitative estimate of drug-likeness (QED) is 0.679. The molecular weight excluding hydrogens is 174 g/mol. The zero-order valence-electron chi connectivity index (χ0n) is 9.21. The van der Waals surface area contributed by atoms with Crippen LogP contribution in [0.1, 0.15) is 32.1 Å². The number of rotatable bonds is 2. The van der Waals surface area contributed by atoms with Gasteiger partial charge in [0.1, 0.15) is 0 Å². The maximum absolute atomic E-state index is 6.05. The van der Waals surface area contributed by atoms with E-state index in [-0.39, 0.29) is 0 Å². The zero-order valence-corrected chi connectivity index (χ0v) is 9.21. The molecule has 1 saturated carbocycles. The molecule has 1 aliphatic heterocycles. The van der Waals surface area contributed by atoms with Gasteiger partial charge in [-0.05, 0) is 45.8 Å². The Bertz CT molecular complexity index is 175. The Labute approximate surface area is 87.0 Å². The van der Waals surface area contributed by atoms with E-state index in [1.54, 1.807) is 0 Å². The molecule has 3 N–H and O–H groups in total. The van der Waals surface area contributed by atoms with Crippen LogP contribution in [-0.2, 0) is 0 Å². The van der Waals surface area contributed by atoms with Crippen molar-refractivity contribution in [3.05, 3.63) is 0 Å². The Morgan fingerprint density at radius 1 is 1.14 bits per heavy atom. The minimum atomic E-state index is 0.412. The standard InChI is InChI=1S/C11H23N3/c1-14-7-5-9(6-8-14)13-11-4-2-3-10(11)12/h9-11,13H,2-8,12H2,1H3/t10-,11-/m1/s1. The molecule has 0 bridgehead atoms. The van der Waals surface area contributed by atoms with Crippen LogP contribution in [0.2, 0.25) is 0 Å². The second kappa shape index (κ2) is 4.60. The van der Waals surface area contributed by atoms with Crippen LogP contribution in [0.15, 0.2) is 0 Å². The summed E-state index contributed by atoms with van der Waals surface area (Å²) in [6.45, 7) is 2.47. The summed E-state index contributed by atoms with van der Waals surface area (Å²) in [5.41, 5.74) is 6.05. The molecule has 2 atom stereocenters. The van der Waals surface area contributed by atoms with Gasteiger partial charge in [0.2, 0.25) is 0 Å². The lowest BCUT2D eigenvalue weighted by Crippen LogP contribution is -2.49. The van der Waals surface area contributed by atoms with Gasteiger partial charge in [-0.2, -0.15) is 0 Å². The van der Waals surface area contributed by atoms with Crippen molar-refractivity contribution in [1.82, 2.24) is 10.2 Å². The normalized spacial score (nSPS) is 36.4. The first-order valence-corrected chi connectivity index (χ1v) is 5.96. The molecule has 2 aliphatic rings. The van der Waals surface area contributed by atoms with Crippen molar-refractivity contribution in [2.24, 2.45) is 5.73 Å². The van der Waals surface area contributed by atoms with E-state index < -0.39 is 0 Å². The minimum absolute atomic E-state index is 0.412. The maximum Gasteiger partial charge on any atom is 0.0221 e. The lowest BCUT2D eigenvalue weighted by Gasteiger charge is -2.32. The van der Waals surface area contributed by atoms with E-state index in [0.717, 1.165) is 6.04 Å². The Hall–Kier alpha value is -0.120. The summed E-state index contributed by atoms with van der Waals surface area (Å²) in [4.78, 5) is 2.41. The van der Waals surface area contributed by atoms with E-state index in [2.05, 4.69) is 17.3 Å². The molecule has 2 fully saturated rings.